The number of benzene rings is 1. The average molecular weight is 288 g/mol. The molecule has 0 bridgehead atoms. The molecule has 0 spiro atoms. The van der Waals surface area contributed by atoms with Gasteiger partial charge >= 0.3 is 6.03 Å². The van der Waals surface area contributed by atoms with Crippen LogP contribution in [-0.2, 0) is 6.54 Å². The van der Waals surface area contributed by atoms with Crippen LogP contribution in [-0.4, -0.2) is 36.5 Å². The summed E-state index contributed by atoms with van der Waals surface area (Å²) >= 11 is 0. The van der Waals surface area contributed by atoms with E-state index < -0.39 is 0 Å². The topological polar surface area (TPSA) is 23.6 Å². The fraction of sp³-hybridized carbons (Fsp3) is 0.611. The highest BCUT2D eigenvalue weighted by molar-refractivity contribution is 5.73. The van der Waals surface area contributed by atoms with Gasteiger partial charge in [-0.15, -0.1) is 0 Å². The van der Waals surface area contributed by atoms with Crippen molar-refractivity contribution in [1.82, 2.24) is 9.80 Å². The van der Waals surface area contributed by atoms with Gasteiger partial charge in [-0.05, 0) is 36.8 Å². The number of amides is 2. The Labute approximate surface area is 128 Å². The highest BCUT2D eigenvalue weighted by atomic mass is 16.2. The number of rotatable bonds is 4. The Hall–Kier alpha value is -1.51. The van der Waals surface area contributed by atoms with E-state index in [1.54, 1.807) is 19.0 Å². The van der Waals surface area contributed by atoms with Crippen molar-refractivity contribution < 1.29 is 4.79 Å². The molecule has 2 rings (SSSR count). The van der Waals surface area contributed by atoms with Crippen molar-refractivity contribution in [3.8, 4) is 0 Å². The second-order valence-corrected chi connectivity index (χ2v) is 6.27. The van der Waals surface area contributed by atoms with Crippen LogP contribution in [0.4, 0.5) is 4.79 Å². The second-order valence-electron chi connectivity index (χ2n) is 6.27. The highest BCUT2D eigenvalue weighted by Gasteiger charge is 2.16. The minimum Gasteiger partial charge on any atom is -0.331 e. The Morgan fingerprint density at radius 1 is 1.10 bits per heavy atom. The molecule has 1 aromatic carbocycles. The van der Waals surface area contributed by atoms with Crippen LogP contribution >= 0.6 is 0 Å². The summed E-state index contributed by atoms with van der Waals surface area (Å²) in [6, 6.07) is 8.98. The largest absolute Gasteiger partial charge is 0.331 e. The highest BCUT2D eigenvalue weighted by Crippen LogP contribution is 2.32. The zero-order chi connectivity index (χ0) is 15.2. The first-order valence-corrected chi connectivity index (χ1v) is 8.17. The fourth-order valence-electron chi connectivity index (χ4n) is 3.15. The van der Waals surface area contributed by atoms with E-state index in [0.29, 0.717) is 6.54 Å². The Kier molecular flexibility index (Phi) is 5.66. The normalized spacial score (nSPS) is 15.8. The molecule has 3 heteroatoms. The van der Waals surface area contributed by atoms with Crippen LogP contribution in [0.3, 0.4) is 0 Å². The van der Waals surface area contributed by atoms with Gasteiger partial charge in [0.2, 0.25) is 0 Å². The molecule has 0 saturated heterocycles. The third-order valence-corrected chi connectivity index (χ3v) is 4.46. The molecule has 1 saturated carbocycles. The molecule has 0 atom stereocenters. The lowest BCUT2D eigenvalue weighted by atomic mass is 9.84. The molecule has 0 radical (unpaired) electrons. The van der Waals surface area contributed by atoms with Gasteiger partial charge in [0, 0.05) is 27.2 Å². The molecule has 1 aliphatic carbocycles. The molecule has 1 aliphatic rings. The Balaban J connectivity index is 1.99. The van der Waals surface area contributed by atoms with Gasteiger partial charge in [-0.25, -0.2) is 4.79 Å². The first kappa shape index (κ1) is 15.9. The maximum absolute atomic E-state index is 12.0. The summed E-state index contributed by atoms with van der Waals surface area (Å²) in [6.45, 7) is 3.46. The molecule has 1 aromatic rings. The van der Waals surface area contributed by atoms with E-state index in [0.717, 1.165) is 12.5 Å². The predicted octanol–water partition coefficient (Wildman–Crippen LogP) is 4.24. The zero-order valence-corrected chi connectivity index (χ0v) is 13.6. The van der Waals surface area contributed by atoms with E-state index in [1.807, 2.05) is 11.8 Å². The summed E-state index contributed by atoms with van der Waals surface area (Å²) < 4.78 is 0. The summed E-state index contributed by atoms with van der Waals surface area (Å²) in [5, 5.41) is 0. The lowest BCUT2D eigenvalue weighted by Gasteiger charge is -2.25. The molecule has 21 heavy (non-hydrogen) atoms. The third kappa shape index (κ3) is 4.23. The number of nitrogens with zero attached hydrogens (tertiary/aromatic N) is 2. The molecule has 3 nitrogen and oxygen atoms in total. The molecule has 0 N–H and O–H groups in total. The van der Waals surface area contributed by atoms with Crippen LogP contribution in [0.15, 0.2) is 24.3 Å². The van der Waals surface area contributed by atoms with Crippen LogP contribution in [0, 0.1) is 0 Å². The molecular weight excluding hydrogens is 260 g/mol. The van der Waals surface area contributed by atoms with Gasteiger partial charge in [-0.1, -0.05) is 43.5 Å². The van der Waals surface area contributed by atoms with E-state index in [2.05, 4.69) is 24.3 Å². The van der Waals surface area contributed by atoms with E-state index >= 15 is 0 Å². The summed E-state index contributed by atoms with van der Waals surface area (Å²) in [5.74, 6) is 0.749. The van der Waals surface area contributed by atoms with Crippen LogP contribution in [0.25, 0.3) is 0 Å². The number of hydrogen-bond acceptors (Lipinski definition) is 1. The molecule has 1 fully saturated rings. The molecule has 116 valence electrons. The summed E-state index contributed by atoms with van der Waals surface area (Å²) in [5.41, 5.74) is 2.69. The van der Waals surface area contributed by atoms with Crippen LogP contribution in [0.2, 0.25) is 0 Å². The standard InChI is InChI=1S/C18H28N2O/c1-4-20(18(21)19(2)3)14-15-10-12-17(13-11-15)16-8-6-5-7-9-16/h10-13,16H,4-9,14H2,1-3H3. The van der Waals surface area contributed by atoms with Crippen LogP contribution < -0.4 is 0 Å². The van der Waals surface area contributed by atoms with Crippen molar-refractivity contribution in [2.75, 3.05) is 20.6 Å². The van der Waals surface area contributed by atoms with Gasteiger partial charge < -0.3 is 9.80 Å². The van der Waals surface area contributed by atoms with E-state index in [9.17, 15) is 4.79 Å². The van der Waals surface area contributed by atoms with Gasteiger partial charge in [0.05, 0.1) is 0 Å². The Morgan fingerprint density at radius 2 is 1.71 bits per heavy atom. The Bertz CT molecular complexity index is 447. The molecule has 2 amide bonds. The number of urea groups is 1. The molecule has 0 heterocycles. The van der Waals surface area contributed by atoms with Gasteiger partial charge in [0.15, 0.2) is 0 Å². The van der Waals surface area contributed by atoms with E-state index in [4.69, 9.17) is 0 Å². The minimum absolute atomic E-state index is 0.0776. The third-order valence-electron chi connectivity index (χ3n) is 4.46. The van der Waals surface area contributed by atoms with Gasteiger partial charge in [-0.2, -0.15) is 0 Å². The first-order chi connectivity index (χ1) is 10.1. The van der Waals surface area contributed by atoms with Gasteiger partial charge in [0.25, 0.3) is 0 Å². The fourth-order valence-corrected chi connectivity index (χ4v) is 3.15. The van der Waals surface area contributed by atoms with Crippen LogP contribution in [0.1, 0.15) is 56.1 Å². The lowest BCUT2D eigenvalue weighted by Crippen LogP contribution is -2.38. The van der Waals surface area contributed by atoms with E-state index in [1.165, 1.54) is 43.2 Å². The van der Waals surface area contributed by atoms with Crippen molar-refractivity contribution in [2.24, 2.45) is 0 Å². The lowest BCUT2D eigenvalue weighted by molar-refractivity contribution is 0.171. The average Bonchev–Trinajstić information content (AvgIpc) is 2.53. The monoisotopic (exact) mass is 288 g/mol. The van der Waals surface area contributed by atoms with Crippen molar-refractivity contribution in [2.45, 2.75) is 51.5 Å². The van der Waals surface area contributed by atoms with Crippen molar-refractivity contribution in [3.05, 3.63) is 35.4 Å². The summed E-state index contributed by atoms with van der Waals surface area (Å²) in [7, 11) is 3.61. The maximum Gasteiger partial charge on any atom is 0.319 e. The van der Waals surface area contributed by atoms with Crippen molar-refractivity contribution >= 4 is 6.03 Å². The van der Waals surface area contributed by atoms with Crippen molar-refractivity contribution in [3.63, 3.8) is 0 Å². The first-order valence-electron chi connectivity index (χ1n) is 8.17. The van der Waals surface area contributed by atoms with E-state index in [-0.39, 0.29) is 6.03 Å². The van der Waals surface area contributed by atoms with Crippen molar-refractivity contribution in [1.29, 1.82) is 0 Å². The number of hydrogen-bond donors (Lipinski definition) is 0. The SMILES string of the molecule is CCN(Cc1ccc(C2CCCCC2)cc1)C(=O)N(C)C. The number of carbonyl (C=O) groups excluding carboxylic acids is 1. The maximum atomic E-state index is 12.0. The molecular formula is C18H28N2O. The van der Waals surface area contributed by atoms with Gasteiger partial charge in [0.1, 0.15) is 0 Å². The predicted molar refractivity (Wildman–Crippen MR) is 87.4 cm³/mol. The quantitative estimate of drug-likeness (QED) is 0.813. The molecule has 0 aliphatic heterocycles. The Morgan fingerprint density at radius 3 is 2.24 bits per heavy atom. The molecule has 0 aromatic heterocycles. The minimum atomic E-state index is 0.0776. The smallest absolute Gasteiger partial charge is 0.319 e. The van der Waals surface area contributed by atoms with Crippen LogP contribution in [0.5, 0.6) is 0 Å². The van der Waals surface area contributed by atoms with Gasteiger partial charge in [-0.3, -0.25) is 0 Å². The summed E-state index contributed by atoms with van der Waals surface area (Å²) in [4.78, 5) is 15.6. The second kappa shape index (κ2) is 7.48. The molecule has 0 unspecified atom stereocenters. The zero-order valence-electron chi connectivity index (χ0n) is 13.6. The number of carbonyl (C=O) groups is 1. The summed E-state index contributed by atoms with van der Waals surface area (Å²) in [6.07, 6.45) is 6.80.